The van der Waals surface area contributed by atoms with Crippen LogP contribution in [0.25, 0.3) is 0 Å². The lowest BCUT2D eigenvalue weighted by molar-refractivity contribution is -0.138. The highest BCUT2D eigenvalue weighted by atomic mass is 16.5. The van der Waals surface area contributed by atoms with Crippen molar-refractivity contribution in [3.05, 3.63) is 81.4 Å². The Morgan fingerprint density at radius 3 is 1.42 bits per heavy atom. The first kappa shape index (κ1) is 35.7. The van der Waals surface area contributed by atoms with Gasteiger partial charge in [0.05, 0.1) is 11.5 Å². The Labute approximate surface area is 269 Å². The quantitative estimate of drug-likeness (QED) is 0.145. The largest absolute Gasteiger partial charge is 0.507 e. The Morgan fingerprint density at radius 2 is 1.04 bits per heavy atom. The van der Waals surface area contributed by atoms with Crippen molar-refractivity contribution in [1.29, 1.82) is 0 Å². The summed E-state index contributed by atoms with van der Waals surface area (Å²) >= 11 is 0. The van der Waals surface area contributed by atoms with Gasteiger partial charge in [-0.2, -0.15) is 0 Å². The van der Waals surface area contributed by atoms with E-state index in [0.29, 0.717) is 23.1 Å². The maximum Gasteiger partial charge on any atom is 0.314 e. The van der Waals surface area contributed by atoms with Crippen molar-refractivity contribution in [2.75, 3.05) is 0 Å². The first-order valence-corrected chi connectivity index (χ1v) is 15.7. The second-order valence-corrected chi connectivity index (χ2v) is 16.5. The Bertz CT molecular complexity index is 1530. The predicted molar refractivity (Wildman–Crippen MR) is 181 cm³/mol. The van der Waals surface area contributed by atoms with Gasteiger partial charge in [0, 0.05) is 22.8 Å². The minimum absolute atomic E-state index is 0.0711. The summed E-state index contributed by atoms with van der Waals surface area (Å²) < 4.78 is 5.64. The third-order valence-electron chi connectivity index (χ3n) is 8.15. The van der Waals surface area contributed by atoms with E-state index in [0.717, 1.165) is 16.7 Å². The average molecular weight is 617 g/mol. The van der Waals surface area contributed by atoms with E-state index in [4.69, 9.17) is 4.74 Å². The second kappa shape index (κ2) is 12.2. The van der Waals surface area contributed by atoms with Crippen molar-refractivity contribution >= 4 is 11.8 Å². The second-order valence-electron chi connectivity index (χ2n) is 16.5. The summed E-state index contributed by atoms with van der Waals surface area (Å²) in [5.74, 6) is -1.09. The molecule has 0 saturated heterocycles. The van der Waals surface area contributed by atoms with Crippen molar-refractivity contribution in [3.63, 3.8) is 0 Å². The van der Waals surface area contributed by atoms with E-state index in [9.17, 15) is 24.9 Å². The lowest BCUT2D eigenvalue weighted by atomic mass is 9.77. The van der Waals surface area contributed by atoms with Crippen LogP contribution in [0.3, 0.4) is 0 Å². The highest BCUT2D eigenvalue weighted by Gasteiger charge is 2.30. The minimum atomic E-state index is -0.512. The van der Waals surface area contributed by atoms with Crippen LogP contribution in [-0.4, -0.2) is 27.1 Å². The van der Waals surface area contributed by atoms with Gasteiger partial charge in [0.2, 0.25) is 0 Å². The summed E-state index contributed by atoms with van der Waals surface area (Å²) in [6.45, 7) is 25.9. The number of ether oxygens (including phenoxy) is 1. The van der Waals surface area contributed by atoms with E-state index in [-0.39, 0.29) is 39.4 Å². The number of hydrogen-bond donors (Lipinski definition) is 3. The van der Waals surface area contributed by atoms with E-state index in [1.54, 1.807) is 19.1 Å². The number of phenols is 3. The standard InChI is InChI=1S/C39H52O6/c1-22(16-23-17-27(36(2,3)4)33(42)28(18-23)37(5,6)7)35(44)45-25-14-15-26(31(40)21-25)32(41)24-19-29(38(8,9)10)34(43)30(20-24)39(11,12)13/h14-15,17-22,40,42-43H,16H2,1-13H3. The third-order valence-corrected chi connectivity index (χ3v) is 8.15. The molecule has 0 heterocycles. The molecule has 3 aromatic carbocycles. The molecule has 0 aliphatic rings. The fourth-order valence-electron chi connectivity index (χ4n) is 5.44. The van der Waals surface area contributed by atoms with E-state index in [1.165, 1.54) is 18.2 Å². The molecule has 0 spiro atoms. The fraction of sp³-hybridized carbons (Fsp3) is 0.487. The lowest BCUT2D eigenvalue weighted by Crippen LogP contribution is -2.22. The zero-order valence-electron chi connectivity index (χ0n) is 29.4. The van der Waals surface area contributed by atoms with Gasteiger partial charge in [-0.3, -0.25) is 9.59 Å². The molecule has 0 aliphatic carbocycles. The molecule has 3 rings (SSSR count). The van der Waals surface area contributed by atoms with E-state index in [2.05, 4.69) is 0 Å². The Kier molecular flexibility index (Phi) is 9.66. The Balaban J connectivity index is 1.88. The van der Waals surface area contributed by atoms with Crippen molar-refractivity contribution in [2.45, 2.75) is 118 Å². The lowest BCUT2D eigenvalue weighted by Gasteiger charge is -2.28. The van der Waals surface area contributed by atoms with Crippen molar-refractivity contribution in [1.82, 2.24) is 0 Å². The molecular weight excluding hydrogens is 564 g/mol. The highest BCUT2D eigenvalue weighted by molar-refractivity contribution is 6.11. The average Bonchev–Trinajstić information content (AvgIpc) is 2.86. The molecule has 244 valence electrons. The molecule has 0 bridgehead atoms. The normalized spacial score (nSPS) is 13.4. The van der Waals surface area contributed by atoms with Crippen LogP contribution in [-0.2, 0) is 32.9 Å². The zero-order valence-corrected chi connectivity index (χ0v) is 29.4. The molecule has 3 N–H and O–H groups in total. The number of ketones is 1. The van der Waals surface area contributed by atoms with Crippen molar-refractivity contribution < 1.29 is 29.6 Å². The number of esters is 1. The van der Waals surface area contributed by atoms with Gasteiger partial charge in [0.15, 0.2) is 5.78 Å². The number of hydrogen-bond acceptors (Lipinski definition) is 6. The molecule has 1 atom stereocenters. The summed E-state index contributed by atoms with van der Waals surface area (Å²) in [5, 5.41) is 33.0. The number of carbonyl (C=O) groups excluding carboxylic acids is 2. The number of aromatic hydroxyl groups is 3. The molecule has 0 aromatic heterocycles. The summed E-state index contributed by atoms with van der Waals surface area (Å²) in [4.78, 5) is 26.8. The molecular formula is C39H52O6. The fourth-order valence-corrected chi connectivity index (χ4v) is 5.44. The Hall–Kier alpha value is -3.80. The number of benzene rings is 3. The van der Waals surface area contributed by atoms with Gasteiger partial charge in [0.1, 0.15) is 23.0 Å². The van der Waals surface area contributed by atoms with E-state index >= 15 is 0 Å². The van der Waals surface area contributed by atoms with E-state index in [1.807, 2.05) is 95.2 Å². The smallest absolute Gasteiger partial charge is 0.314 e. The number of carbonyl (C=O) groups is 2. The van der Waals surface area contributed by atoms with Gasteiger partial charge in [0.25, 0.3) is 0 Å². The minimum Gasteiger partial charge on any atom is -0.507 e. The molecule has 0 aliphatic heterocycles. The van der Waals surface area contributed by atoms with Crippen LogP contribution in [0.4, 0.5) is 0 Å². The molecule has 0 amide bonds. The number of phenolic OH excluding ortho intramolecular Hbond substituents is 3. The summed E-state index contributed by atoms with van der Waals surface area (Å²) in [6, 6.07) is 11.5. The van der Waals surface area contributed by atoms with Crippen LogP contribution in [0.15, 0.2) is 42.5 Å². The summed E-state index contributed by atoms with van der Waals surface area (Å²) in [5.41, 5.74) is 2.89. The molecule has 6 nitrogen and oxygen atoms in total. The van der Waals surface area contributed by atoms with Crippen LogP contribution in [0.5, 0.6) is 23.0 Å². The van der Waals surface area contributed by atoms with Crippen LogP contribution < -0.4 is 4.74 Å². The molecule has 0 saturated carbocycles. The SMILES string of the molecule is CC(Cc1cc(C(C)(C)C)c(O)c(C(C)(C)C)c1)C(=O)Oc1ccc(C(=O)c2cc(C(C)(C)C)c(O)c(C(C)(C)C)c2)c(O)c1. The first-order chi connectivity index (χ1) is 20.3. The molecule has 0 fully saturated rings. The van der Waals surface area contributed by atoms with Gasteiger partial charge < -0.3 is 20.1 Å². The molecule has 6 heteroatoms. The van der Waals surface area contributed by atoms with E-state index < -0.39 is 28.5 Å². The van der Waals surface area contributed by atoms with Gasteiger partial charge in [-0.15, -0.1) is 0 Å². The Morgan fingerprint density at radius 1 is 0.644 bits per heavy atom. The van der Waals surface area contributed by atoms with Gasteiger partial charge in [-0.25, -0.2) is 0 Å². The monoisotopic (exact) mass is 616 g/mol. The molecule has 3 aromatic rings. The topological polar surface area (TPSA) is 104 Å². The summed E-state index contributed by atoms with van der Waals surface area (Å²) in [6.07, 6.45) is 0.404. The zero-order chi connectivity index (χ0) is 34.4. The molecule has 0 radical (unpaired) electrons. The van der Waals surface area contributed by atoms with Gasteiger partial charge >= 0.3 is 5.97 Å². The van der Waals surface area contributed by atoms with Crippen molar-refractivity contribution in [3.8, 4) is 23.0 Å². The highest BCUT2D eigenvalue weighted by Crippen LogP contribution is 2.42. The van der Waals surface area contributed by atoms with Gasteiger partial charge in [-0.1, -0.05) is 102 Å². The summed E-state index contributed by atoms with van der Waals surface area (Å²) in [7, 11) is 0. The van der Waals surface area contributed by atoms with Crippen molar-refractivity contribution in [2.24, 2.45) is 5.92 Å². The first-order valence-electron chi connectivity index (χ1n) is 15.7. The van der Waals surface area contributed by atoms with Crippen LogP contribution in [0.1, 0.15) is 134 Å². The third kappa shape index (κ3) is 8.08. The van der Waals surface area contributed by atoms with Crippen LogP contribution in [0.2, 0.25) is 0 Å². The molecule has 45 heavy (non-hydrogen) atoms. The maximum absolute atomic E-state index is 13.6. The van der Waals surface area contributed by atoms with Crippen LogP contribution >= 0.6 is 0 Å². The van der Waals surface area contributed by atoms with Gasteiger partial charge in [-0.05, 0) is 69.0 Å². The molecule has 1 unspecified atom stereocenters. The van der Waals surface area contributed by atoms with Crippen LogP contribution in [0, 0.1) is 5.92 Å². The number of rotatable bonds is 6. The predicted octanol–water partition coefficient (Wildman–Crippen LogP) is 9.01. The maximum atomic E-state index is 13.6.